The zero-order valence-electron chi connectivity index (χ0n) is 13.6. The number of nitrogens with one attached hydrogen (secondary N) is 1. The average molecular weight is 356 g/mol. The van der Waals surface area contributed by atoms with Crippen LogP contribution in [-0.2, 0) is 16.1 Å². The molecule has 2 heterocycles. The summed E-state index contributed by atoms with van der Waals surface area (Å²) < 4.78 is 7.74. The first-order chi connectivity index (χ1) is 12.2. The number of rotatable bonds is 4. The van der Waals surface area contributed by atoms with Gasteiger partial charge in [0.25, 0.3) is 0 Å². The van der Waals surface area contributed by atoms with Crippen LogP contribution >= 0.6 is 11.6 Å². The monoisotopic (exact) mass is 355 g/mol. The first-order valence-electron chi connectivity index (χ1n) is 8.33. The van der Waals surface area contributed by atoms with Crippen molar-refractivity contribution in [3.05, 3.63) is 59.4 Å². The Morgan fingerprint density at radius 1 is 1.28 bits per heavy atom. The number of nitrogens with zero attached hydrogens (tertiary/aromatic N) is 2. The number of carbonyl (C=O) groups excluding carboxylic acids is 1. The van der Waals surface area contributed by atoms with E-state index in [0.29, 0.717) is 10.7 Å². The van der Waals surface area contributed by atoms with Gasteiger partial charge < -0.3 is 14.6 Å². The summed E-state index contributed by atoms with van der Waals surface area (Å²) in [6.45, 7) is 0.921. The summed E-state index contributed by atoms with van der Waals surface area (Å²) in [4.78, 5) is 17.3. The van der Waals surface area contributed by atoms with Crippen molar-refractivity contribution in [3.63, 3.8) is 0 Å². The van der Waals surface area contributed by atoms with Gasteiger partial charge in [-0.25, -0.2) is 4.98 Å². The maximum Gasteiger partial charge on any atom is 0.244 e. The number of hydrogen-bond donors (Lipinski definition) is 1. The maximum absolute atomic E-state index is 12.6. The highest BCUT2D eigenvalue weighted by Crippen LogP contribution is 2.30. The number of para-hydroxylation sites is 2. The molecule has 1 aliphatic rings. The standard InChI is InChI=1S/C19H18ClN3O2/c20-13-5-3-6-14(11-13)21-18(24)12-23-16-8-2-1-7-15(16)22-19(23)17-9-4-10-25-17/h1-3,5-8,11,17H,4,9-10,12H2,(H,21,24). The van der Waals surface area contributed by atoms with Gasteiger partial charge in [-0.15, -0.1) is 0 Å². The van der Waals surface area contributed by atoms with Crippen LogP contribution in [0.5, 0.6) is 0 Å². The molecule has 3 aromatic rings. The van der Waals surface area contributed by atoms with Gasteiger partial charge in [-0.3, -0.25) is 4.79 Å². The molecule has 128 valence electrons. The molecule has 1 unspecified atom stereocenters. The van der Waals surface area contributed by atoms with Gasteiger partial charge in [-0.05, 0) is 43.2 Å². The van der Waals surface area contributed by atoms with E-state index < -0.39 is 0 Å². The van der Waals surface area contributed by atoms with Crippen LogP contribution in [0.15, 0.2) is 48.5 Å². The number of imidazole rings is 1. The Bertz CT molecular complexity index is 916. The minimum Gasteiger partial charge on any atom is -0.370 e. The molecule has 1 fully saturated rings. The van der Waals surface area contributed by atoms with E-state index in [2.05, 4.69) is 5.32 Å². The maximum atomic E-state index is 12.6. The molecule has 6 heteroatoms. The van der Waals surface area contributed by atoms with Crippen molar-refractivity contribution in [2.75, 3.05) is 11.9 Å². The predicted octanol–water partition coefficient (Wildman–Crippen LogP) is 4.18. The van der Waals surface area contributed by atoms with Crippen molar-refractivity contribution in [1.29, 1.82) is 0 Å². The summed E-state index contributed by atoms with van der Waals surface area (Å²) in [5.41, 5.74) is 2.50. The Balaban J connectivity index is 1.63. The number of hydrogen-bond acceptors (Lipinski definition) is 3. The Hall–Kier alpha value is -2.37. The average Bonchev–Trinajstić information content (AvgIpc) is 3.23. The quantitative estimate of drug-likeness (QED) is 0.763. The normalized spacial score (nSPS) is 17.1. The van der Waals surface area contributed by atoms with Gasteiger partial charge in [-0.2, -0.15) is 0 Å². The molecule has 0 bridgehead atoms. The molecule has 1 aromatic heterocycles. The summed E-state index contributed by atoms with van der Waals surface area (Å²) >= 11 is 5.98. The molecule has 1 saturated heterocycles. The van der Waals surface area contributed by atoms with Crippen LogP contribution < -0.4 is 5.32 Å². The van der Waals surface area contributed by atoms with Crippen LogP contribution in [0.2, 0.25) is 5.02 Å². The molecule has 5 nitrogen and oxygen atoms in total. The molecular weight excluding hydrogens is 338 g/mol. The summed E-state index contributed by atoms with van der Waals surface area (Å²) in [5, 5.41) is 3.48. The zero-order chi connectivity index (χ0) is 17.2. The van der Waals surface area contributed by atoms with Gasteiger partial charge in [0.1, 0.15) is 18.5 Å². The number of carbonyl (C=O) groups is 1. The number of amides is 1. The van der Waals surface area contributed by atoms with Crippen molar-refractivity contribution in [1.82, 2.24) is 9.55 Å². The van der Waals surface area contributed by atoms with Gasteiger partial charge in [0.2, 0.25) is 5.91 Å². The summed E-state index contributed by atoms with van der Waals surface area (Å²) in [6.07, 6.45) is 1.90. The van der Waals surface area contributed by atoms with E-state index in [1.807, 2.05) is 41.0 Å². The fourth-order valence-electron chi connectivity index (χ4n) is 3.20. The van der Waals surface area contributed by atoms with Crippen molar-refractivity contribution in [2.45, 2.75) is 25.5 Å². The van der Waals surface area contributed by atoms with Crippen molar-refractivity contribution in [2.24, 2.45) is 0 Å². The molecule has 25 heavy (non-hydrogen) atoms. The molecule has 0 saturated carbocycles. The van der Waals surface area contributed by atoms with E-state index in [1.165, 1.54) is 0 Å². The summed E-state index contributed by atoms with van der Waals surface area (Å²) in [7, 11) is 0. The number of fused-ring (bicyclic) bond motifs is 1. The number of benzene rings is 2. The van der Waals surface area contributed by atoms with Crippen molar-refractivity contribution >= 4 is 34.2 Å². The minimum atomic E-state index is -0.121. The number of ether oxygens (including phenoxy) is 1. The Labute approximate surface area is 150 Å². The third-order valence-electron chi connectivity index (χ3n) is 4.31. The minimum absolute atomic E-state index is 0.0497. The largest absolute Gasteiger partial charge is 0.370 e. The number of anilines is 1. The lowest BCUT2D eigenvalue weighted by molar-refractivity contribution is -0.116. The van der Waals surface area contributed by atoms with Gasteiger partial charge in [-0.1, -0.05) is 29.8 Å². The topological polar surface area (TPSA) is 56.2 Å². The van der Waals surface area contributed by atoms with Crippen LogP contribution in [0.25, 0.3) is 11.0 Å². The van der Waals surface area contributed by atoms with E-state index >= 15 is 0 Å². The molecule has 0 aliphatic carbocycles. The van der Waals surface area contributed by atoms with E-state index in [0.717, 1.165) is 36.3 Å². The second-order valence-corrected chi connectivity index (χ2v) is 6.54. The molecule has 2 aromatic carbocycles. The van der Waals surface area contributed by atoms with Crippen LogP contribution in [0.1, 0.15) is 24.8 Å². The molecule has 1 N–H and O–H groups in total. The SMILES string of the molecule is O=C(Cn1c(C2CCCO2)nc2ccccc21)Nc1cccc(Cl)c1. The predicted molar refractivity (Wildman–Crippen MR) is 97.7 cm³/mol. The number of halogens is 1. The second kappa shape index (κ2) is 6.86. The molecule has 1 aliphatic heterocycles. The number of aromatic nitrogens is 2. The van der Waals surface area contributed by atoms with E-state index in [9.17, 15) is 4.79 Å². The van der Waals surface area contributed by atoms with Crippen LogP contribution in [0.4, 0.5) is 5.69 Å². The second-order valence-electron chi connectivity index (χ2n) is 6.11. The summed E-state index contributed by atoms with van der Waals surface area (Å²) in [6, 6.07) is 15.0. The first-order valence-corrected chi connectivity index (χ1v) is 8.71. The van der Waals surface area contributed by atoms with Gasteiger partial charge >= 0.3 is 0 Å². The lowest BCUT2D eigenvalue weighted by Crippen LogP contribution is -2.21. The van der Waals surface area contributed by atoms with E-state index in [-0.39, 0.29) is 18.6 Å². The van der Waals surface area contributed by atoms with E-state index in [1.54, 1.807) is 12.1 Å². The van der Waals surface area contributed by atoms with Gasteiger partial charge in [0.15, 0.2) is 0 Å². The Kier molecular flexibility index (Phi) is 4.42. The molecule has 1 amide bonds. The smallest absolute Gasteiger partial charge is 0.244 e. The first kappa shape index (κ1) is 16.1. The fourth-order valence-corrected chi connectivity index (χ4v) is 3.39. The van der Waals surface area contributed by atoms with Crippen LogP contribution in [-0.4, -0.2) is 22.1 Å². The Morgan fingerprint density at radius 3 is 2.96 bits per heavy atom. The molecule has 4 rings (SSSR count). The highest BCUT2D eigenvalue weighted by Gasteiger charge is 2.25. The summed E-state index contributed by atoms with van der Waals surface area (Å²) in [5.74, 6) is 0.699. The Morgan fingerprint density at radius 2 is 2.16 bits per heavy atom. The van der Waals surface area contributed by atoms with Crippen LogP contribution in [0.3, 0.4) is 0 Å². The lowest BCUT2D eigenvalue weighted by atomic mass is 10.2. The van der Waals surface area contributed by atoms with Crippen LogP contribution in [0, 0.1) is 0 Å². The molecule has 1 atom stereocenters. The fraction of sp³-hybridized carbons (Fsp3) is 0.263. The third-order valence-corrected chi connectivity index (χ3v) is 4.55. The third kappa shape index (κ3) is 3.38. The van der Waals surface area contributed by atoms with Crippen molar-refractivity contribution < 1.29 is 9.53 Å². The molecule has 0 spiro atoms. The van der Waals surface area contributed by atoms with E-state index in [4.69, 9.17) is 21.3 Å². The zero-order valence-corrected chi connectivity index (χ0v) is 14.4. The highest BCUT2D eigenvalue weighted by molar-refractivity contribution is 6.30. The van der Waals surface area contributed by atoms with Gasteiger partial charge in [0, 0.05) is 17.3 Å². The molecule has 0 radical (unpaired) electrons. The lowest BCUT2D eigenvalue weighted by Gasteiger charge is -2.13. The van der Waals surface area contributed by atoms with Crippen molar-refractivity contribution in [3.8, 4) is 0 Å². The van der Waals surface area contributed by atoms with Gasteiger partial charge in [0.05, 0.1) is 11.0 Å². The highest BCUT2D eigenvalue weighted by atomic mass is 35.5. The molecular formula is C19H18ClN3O2.